The number of hydrogen-bond acceptors (Lipinski definition) is 3. The molecule has 0 radical (unpaired) electrons. The van der Waals surface area contributed by atoms with E-state index in [0.29, 0.717) is 11.5 Å². The van der Waals surface area contributed by atoms with Crippen LogP contribution in [0.25, 0.3) is 12.2 Å². The molecule has 0 aliphatic carbocycles. The highest BCUT2D eigenvalue weighted by Crippen LogP contribution is 2.31. The summed E-state index contributed by atoms with van der Waals surface area (Å²) in [5, 5.41) is 0. The first-order valence-corrected chi connectivity index (χ1v) is 9.93. The fraction of sp³-hybridized carbons (Fsp3) is 0.0800. The van der Waals surface area contributed by atoms with Crippen molar-refractivity contribution < 1.29 is 9.53 Å². The molecule has 0 heterocycles. The number of hydrogen-bond donors (Lipinski definition) is 0. The summed E-state index contributed by atoms with van der Waals surface area (Å²) in [5.74, 6) is 0.792. The molecule has 0 fully saturated rings. The van der Waals surface area contributed by atoms with Gasteiger partial charge in [-0.1, -0.05) is 84.6 Å². The molecule has 3 rings (SSSR count). The highest BCUT2D eigenvalue weighted by molar-refractivity contribution is 8.04. The Morgan fingerprint density at radius 3 is 2.25 bits per heavy atom. The number of carbonyl (C=O) groups excluding carboxylic acids is 1. The molecule has 140 valence electrons. The van der Waals surface area contributed by atoms with Gasteiger partial charge in [-0.15, -0.1) is 0 Å². The lowest BCUT2D eigenvalue weighted by atomic mass is 10.1. The average molecular weight is 387 g/mol. The summed E-state index contributed by atoms with van der Waals surface area (Å²) in [5.41, 5.74) is 2.03. The van der Waals surface area contributed by atoms with E-state index in [0.717, 1.165) is 21.8 Å². The van der Waals surface area contributed by atoms with Crippen LogP contribution >= 0.6 is 11.8 Å². The van der Waals surface area contributed by atoms with E-state index in [4.69, 9.17) is 4.74 Å². The number of allylic oxidation sites excluding steroid dienone is 1. The number of thioether (sulfide) groups is 1. The van der Waals surface area contributed by atoms with E-state index >= 15 is 0 Å². The highest BCUT2D eigenvalue weighted by Gasteiger charge is 2.09. The van der Waals surface area contributed by atoms with Gasteiger partial charge in [0.2, 0.25) is 0 Å². The Morgan fingerprint density at radius 2 is 1.54 bits per heavy atom. The van der Waals surface area contributed by atoms with Crippen molar-refractivity contribution in [3.05, 3.63) is 107 Å². The van der Waals surface area contributed by atoms with E-state index < -0.39 is 0 Å². The number of benzene rings is 3. The SMILES string of the molecule is CC(=O)/C(=C/c1ccccc1OC/C=C\c1ccccc1)Sc1ccccc1. The first-order chi connectivity index (χ1) is 13.7. The second-order valence-corrected chi connectivity index (χ2v) is 7.26. The second kappa shape index (κ2) is 10.3. The molecule has 0 spiro atoms. The van der Waals surface area contributed by atoms with E-state index in [9.17, 15) is 4.79 Å². The van der Waals surface area contributed by atoms with Crippen LogP contribution in [-0.2, 0) is 4.79 Å². The van der Waals surface area contributed by atoms with Gasteiger partial charge in [-0.25, -0.2) is 0 Å². The van der Waals surface area contributed by atoms with Gasteiger partial charge in [0, 0.05) is 10.5 Å². The molecule has 0 aliphatic heterocycles. The molecule has 0 aromatic heterocycles. The lowest BCUT2D eigenvalue weighted by molar-refractivity contribution is -0.112. The number of ketones is 1. The average Bonchev–Trinajstić information content (AvgIpc) is 2.73. The number of para-hydroxylation sites is 1. The first kappa shape index (κ1) is 19.7. The molecule has 28 heavy (non-hydrogen) atoms. The minimum Gasteiger partial charge on any atom is -0.489 e. The van der Waals surface area contributed by atoms with Crippen molar-refractivity contribution in [1.82, 2.24) is 0 Å². The van der Waals surface area contributed by atoms with Crippen molar-refractivity contribution in [1.29, 1.82) is 0 Å². The molecule has 0 aliphatic rings. The van der Waals surface area contributed by atoms with Crippen molar-refractivity contribution in [2.45, 2.75) is 11.8 Å². The molecule has 0 N–H and O–H groups in total. The van der Waals surface area contributed by atoms with E-state index in [-0.39, 0.29) is 5.78 Å². The zero-order chi connectivity index (χ0) is 19.6. The van der Waals surface area contributed by atoms with Gasteiger partial charge in [0.25, 0.3) is 0 Å². The summed E-state index contributed by atoms with van der Waals surface area (Å²) in [6.45, 7) is 2.05. The number of Topliss-reactive ketones (excluding diaryl/α,β-unsaturated/α-hetero) is 1. The monoisotopic (exact) mass is 386 g/mol. The van der Waals surface area contributed by atoms with Crippen LogP contribution in [0.3, 0.4) is 0 Å². The zero-order valence-corrected chi connectivity index (χ0v) is 16.6. The van der Waals surface area contributed by atoms with E-state index in [1.54, 1.807) is 6.92 Å². The summed E-state index contributed by atoms with van der Waals surface area (Å²) < 4.78 is 5.94. The Bertz CT molecular complexity index is 960. The topological polar surface area (TPSA) is 26.3 Å². The lowest BCUT2D eigenvalue weighted by Gasteiger charge is -2.09. The van der Waals surface area contributed by atoms with E-state index in [1.165, 1.54) is 11.8 Å². The first-order valence-electron chi connectivity index (χ1n) is 9.11. The molecule has 3 heteroatoms. The third kappa shape index (κ3) is 6.00. The van der Waals surface area contributed by atoms with Gasteiger partial charge in [-0.2, -0.15) is 0 Å². The van der Waals surface area contributed by atoms with Crippen LogP contribution in [0.2, 0.25) is 0 Å². The molecule has 2 nitrogen and oxygen atoms in total. The number of carbonyl (C=O) groups is 1. The molecular weight excluding hydrogens is 364 g/mol. The van der Waals surface area contributed by atoms with Crippen LogP contribution in [-0.4, -0.2) is 12.4 Å². The minimum absolute atomic E-state index is 0.0348. The van der Waals surface area contributed by atoms with Gasteiger partial charge in [0.1, 0.15) is 12.4 Å². The quantitative estimate of drug-likeness (QED) is 0.326. The second-order valence-electron chi connectivity index (χ2n) is 6.14. The maximum Gasteiger partial charge on any atom is 0.166 e. The third-order valence-electron chi connectivity index (χ3n) is 3.97. The Labute approximate surface area is 170 Å². The van der Waals surface area contributed by atoms with Gasteiger partial charge >= 0.3 is 0 Å². The van der Waals surface area contributed by atoms with E-state index in [1.807, 2.05) is 103 Å². The van der Waals surface area contributed by atoms with Crippen LogP contribution in [0, 0.1) is 0 Å². The largest absolute Gasteiger partial charge is 0.489 e. The fourth-order valence-corrected chi connectivity index (χ4v) is 3.45. The predicted octanol–water partition coefficient (Wildman–Crippen LogP) is 6.50. The molecule has 0 unspecified atom stereocenters. The predicted molar refractivity (Wildman–Crippen MR) is 118 cm³/mol. The Morgan fingerprint density at radius 1 is 0.893 bits per heavy atom. The standard InChI is InChI=1S/C25H22O2S/c1-20(26)25(28-23-15-6-3-7-16-23)19-22-14-8-9-17-24(22)27-18-10-13-21-11-4-2-5-12-21/h2-17,19H,18H2,1H3/b13-10-,25-19-. The Hall–Kier alpha value is -3.04. The molecule has 0 saturated carbocycles. The normalized spacial score (nSPS) is 11.5. The summed E-state index contributed by atoms with van der Waals surface area (Å²) in [4.78, 5) is 13.9. The van der Waals surface area contributed by atoms with Crippen molar-refractivity contribution >= 4 is 29.7 Å². The molecule has 0 saturated heterocycles. The Kier molecular flexibility index (Phi) is 7.28. The van der Waals surface area contributed by atoms with Crippen molar-refractivity contribution in [2.24, 2.45) is 0 Å². The highest BCUT2D eigenvalue weighted by atomic mass is 32.2. The van der Waals surface area contributed by atoms with Crippen LogP contribution in [0.5, 0.6) is 5.75 Å². The van der Waals surface area contributed by atoms with Crippen LogP contribution in [0.4, 0.5) is 0 Å². The van der Waals surface area contributed by atoms with E-state index in [2.05, 4.69) is 0 Å². The molecule has 0 atom stereocenters. The Balaban J connectivity index is 1.73. The fourth-order valence-electron chi connectivity index (χ4n) is 2.58. The molecule has 0 bridgehead atoms. The summed E-state index contributed by atoms with van der Waals surface area (Å²) >= 11 is 1.47. The molecular formula is C25H22O2S. The van der Waals surface area contributed by atoms with Gasteiger partial charge in [0.15, 0.2) is 5.78 Å². The van der Waals surface area contributed by atoms with Gasteiger partial charge in [0.05, 0.1) is 4.91 Å². The molecule has 3 aromatic carbocycles. The number of rotatable bonds is 8. The van der Waals surface area contributed by atoms with Crippen molar-refractivity contribution in [3.8, 4) is 5.75 Å². The molecule has 0 amide bonds. The van der Waals surface area contributed by atoms with Gasteiger partial charge in [-0.05, 0) is 42.8 Å². The van der Waals surface area contributed by atoms with Crippen LogP contribution < -0.4 is 4.74 Å². The maximum absolute atomic E-state index is 12.1. The maximum atomic E-state index is 12.1. The van der Waals surface area contributed by atoms with Crippen molar-refractivity contribution in [2.75, 3.05) is 6.61 Å². The summed E-state index contributed by atoms with van der Waals surface area (Å²) in [6, 6.07) is 27.8. The van der Waals surface area contributed by atoms with Gasteiger partial charge < -0.3 is 4.74 Å². The smallest absolute Gasteiger partial charge is 0.166 e. The lowest BCUT2D eigenvalue weighted by Crippen LogP contribution is -1.97. The third-order valence-corrected chi connectivity index (χ3v) is 5.10. The summed E-state index contributed by atoms with van der Waals surface area (Å²) in [6.07, 6.45) is 5.92. The molecule has 3 aromatic rings. The van der Waals surface area contributed by atoms with Crippen LogP contribution in [0.15, 0.2) is 101 Å². The zero-order valence-electron chi connectivity index (χ0n) is 15.7. The van der Waals surface area contributed by atoms with Crippen LogP contribution in [0.1, 0.15) is 18.1 Å². The van der Waals surface area contributed by atoms with Crippen molar-refractivity contribution in [3.63, 3.8) is 0 Å². The van der Waals surface area contributed by atoms with Gasteiger partial charge in [-0.3, -0.25) is 4.79 Å². The summed E-state index contributed by atoms with van der Waals surface area (Å²) in [7, 11) is 0. The number of ether oxygens (including phenoxy) is 1. The minimum atomic E-state index is 0.0348.